The molecule has 1 aromatic carbocycles. The van der Waals surface area contributed by atoms with Crippen molar-refractivity contribution in [1.29, 1.82) is 0 Å². The van der Waals surface area contributed by atoms with Crippen LogP contribution >= 0.6 is 0 Å². The highest BCUT2D eigenvalue weighted by Gasteiger charge is 2.31. The van der Waals surface area contributed by atoms with Gasteiger partial charge in [-0.1, -0.05) is 76.1 Å². The number of hydrogen-bond acceptors (Lipinski definition) is 3. The van der Waals surface area contributed by atoms with Gasteiger partial charge in [-0.2, -0.15) is 0 Å². The SMILES string of the molecule is CCCCC(=O)NC(C(=O)N1CCN(C/C=C/c2ccccc2)CC1)C(C)CC. The molecule has 0 aromatic heterocycles. The molecule has 1 fully saturated rings. The van der Waals surface area contributed by atoms with Gasteiger partial charge in [-0.05, 0) is 17.9 Å². The molecular weight excluding hydrogens is 362 g/mol. The van der Waals surface area contributed by atoms with E-state index in [1.165, 1.54) is 5.56 Å². The molecular formula is C24H37N3O2. The van der Waals surface area contributed by atoms with Crippen molar-refractivity contribution in [2.75, 3.05) is 32.7 Å². The van der Waals surface area contributed by atoms with Crippen molar-refractivity contribution in [1.82, 2.24) is 15.1 Å². The van der Waals surface area contributed by atoms with Crippen LogP contribution in [0, 0.1) is 5.92 Å². The number of amides is 2. The summed E-state index contributed by atoms with van der Waals surface area (Å²) in [5, 5.41) is 3.01. The fourth-order valence-electron chi connectivity index (χ4n) is 3.52. The van der Waals surface area contributed by atoms with Gasteiger partial charge in [-0.15, -0.1) is 0 Å². The fraction of sp³-hybridized carbons (Fsp3) is 0.583. The average molecular weight is 400 g/mol. The van der Waals surface area contributed by atoms with Crippen LogP contribution in [0.4, 0.5) is 0 Å². The van der Waals surface area contributed by atoms with Crippen LogP contribution in [0.3, 0.4) is 0 Å². The average Bonchev–Trinajstić information content (AvgIpc) is 2.76. The predicted molar refractivity (Wildman–Crippen MR) is 119 cm³/mol. The molecule has 1 N–H and O–H groups in total. The van der Waals surface area contributed by atoms with Gasteiger partial charge < -0.3 is 10.2 Å². The number of unbranched alkanes of at least 4 members (excludes halogenated alkanes) is 1. The lowest BCUT2D eigenvalue weighted by Crippen LogP contribution is -2.56. The maximum atomic E-state index is 13.1. The third-order valence-electron chi connectivity index (χ3n) is 5.71. The van der Waals surface area contributed by atoms with Crippen LogP contribution in [0.5, 0.6) is 0 Å². The molecule has 2 amide bonds. The molecule has 160 valence electrons. The Morgan fingerprint density at radius 2 is 1.79 bits per heavy atom. The zero-order chi connectivity index (χ0) is 21.1. The highest BCUT2D eigenvalue weighted by atomic mass is 16.2. The van der Waals surface area contributed by atoms with Gasteiger partial charge >= 0.3 is 0 Å². The van der Waals surface area contributed by atoms with Crippen molar-refractivity contribution in [3.8, 4) is 0 Å². The molecule has 0 aliphatic carbocycles. The van der Waals surface area contributed by atoms with Gasteiger partial charge in [0, 0.05) is 39.1 Å². The van der Waals surface area contributed by atoms with Gasteiger partial charge in [0.25, 0.3) is 0 Å². The Bertz CT molecular complexity index is 651. The smallest absolute Gasteiger partial charge is 0.245 e. The highest BCUT2D eigenvalue weighted by molar-refractivity contribution is 5.88. The van der Waals surface area contributed by atoms with Crippen LogP contribution in [-0.4, -0.2) is 60.4 Å². The highest BCUT2D eigenvalue weighted by Crippen LogP contribution is 2.14. The monoisotopic (exact) mass is 399 g/mol. The molecule has 5 heteroatoms. The third kappa shape index (κ3) is 7.65. The number of hydrogen-bond donors (Lipinski definition) is 1. The van der Waals surface area contributed by atoms with E-state index in [0.29, 0.717) is 6.42 Å². The largest absolute Gasteiger partial charge is 0.344 e. The molecule has 0 spiro atoms. The van der Waals surface area contributed by atoms with E-state index in [-0.39, 0.29) is 17.7 Å². The first-order valence-corrected chi connectivity index (χ1v) is 11.1. The number of benzene rings is 1. The normalized spacial score (nSPS) is 17.3. The standard InChI is InChI=1S/C24H37N3O2/c1-4-6-14-22(28)25-23(20(3)5-2)24(29)27-18-16-26(17-19-27)15-10-13-21-11-8-7-9-12-21/h7-13,20,23H,4-6,14-19H2,1-3H3,(H,25,28)/b13-10+. The molecule has 0 bridgehead atoms. The van der Waals surface area contributed by atoms with Crippen LogP contribution < -0.4 is 5.32 Å². The van der Waals surface area contributed by atoms with Crippen LogP contribution in [0.2, 0.25) is 0 Å². The first kappa shape index (κ1) is 23.1. The molecule has 2 rings (SSSR count). The van der Waals surface area contributed by atoms with Crippen LogP contribution in [-0.2, 0) is 9.59 Å². The summed E-state index contributed by atoms with van der Waals surface area (Å²) in [5.41, 5.74) is 1.21. The lowest BCUT2D eigenvalue weighted by molar-refractivity contribution is -0.139. The molecule has 1 aliphatic rings. The second-order valence-electron chi connectivity index (χ2n) is 7.97. The predicted octanol–water partition coefficient (Wildman–Crippen LogP) is 3.57. The lowest BCUT2D eigenvalue weighted by Gasteiger charge is -2.37. The second kappa shape index (κ2) is 12.4. The van der Waals surface area contributed by atoms with Gasteiger partial charge in [-0.3, -0.25) is 14.5 Å². The van der Waals surface area contributed by atoms with Gasteiger partial charge in [0.1, 0.15) is 6.04 Å². The van der Waals surface area contributed by atoms with Gasteiger partial charge in [-0.25, -0.2) is 0 Å². The number of rotatable bonds is 10. The number of nitrogens with one attached hydrogen (secondary N) is 1. The van der Waals surface area contributed by atoms with Gasteiger partial charge in [0.15, 0.2) is 0 Å². The van der Waals surface area contributed by atoms with E-state index in [4.69, 9.17) is 0 Å². The molecule has 1 heterocycles. The zero-order valence-electron chi connectivity index (χ0n) is 18.3. The topological polar surface area (TPSA) is 52.7 Å². The van der Waals surface area contributed by atoms with E-state index >= 15 is 0 Å². The molecule has 0 saturated carbocycles. The Morgan fingerprint density at radius 3 is 2.41 bits per heavy atom. The number of nitrogens with zero attached hydrogens (tertiary/aromatic N) is 2. The van der Waals surface area contributed by atoms with Gasteiger partial charge in [0.05, 0.1) is 0 Å². The Kier molecular flexibility index (Phi) is 9.92. The summed E-state index contributed by atoms with van der Waals surface area (Å²) in [6, 6.07) is 9.88. The van der Waals surface area contributed by atoms with Crippen molar-refractivity contribution in [2.24, 2.45) is 5.92 Å². The number of carbonyl (C=O) groups is 2. The molecule has 2 atom stereocenters. The van der Waals surface area contributed by atoms with E-state index in [2.05, 4.69) is 48.3 Å². The lowest BCUT2D eigenvalue weighted by atomic mass is 9.97. The molecule has 5 nitrogen and oxygen atoms in total. The third-order valence-corrected chi connectivity index (χ3v) is 5.71. The minimum Gasteiger partial charge on any atom is -0.344 e. The number of piperazine rings is 1. The molecule has 0 radical (unpaired) electrons. The first-order chi connectivity index (χ1) is 14.0. The Balaban J connectivity index is 1.84. The van der Waals surface area contributed by atoms with Crippen LogP contribution in [0.1, 0.15) is 52.0 Å². The van der Waals surface area contributed by atoms with Crippen molar-refractivity contribution >= 4 is 17.9 Å². The summed E-state index contributed by atoms with van der Waals surface area (Å²) < 4.78 is 0. The number of carbonyl (C=O) groups excluding carboxylic acids is 2. The van der Waals surface area contributed by atoms with Crippen LogP contribution in [0.15, 0.2) is 36.4 Å². The van der Waals surface area contributed by atoms with Crippen molar-refractivity contribution in [3.63, 3.8) is 0 Å². The van der Waals surface area contributed by atoms with E-state index in [1.807, 2.05) is 30.0 Å². The summed E-state index contributed by atoms with van der Waals surface area (Å²) in [6.07, 6.45) is 7.54. The van der Waals surface area contributed by atoms with E-state index in [0.717, 1.165) is 52.0 Å². The van der Waals surface area contributed by atoms with Crippen LogP contribution in [0.25, 0.3) is 6.08 Å². The molecule has 29 heavy (non-hydrogen) atoms. The Morgan fingerprint density at radius 1 is 1.10 bits per heavy atom. The van der Waals surface area contributed by atoms with E-state index in [9.17, 15) is 9.59 Å². The van der Waals surface area contributed by atoms with E-state index in [1.54, 1.807) is 0 Å². The molecule has 1 aliphatic heterocycles. The minimum atomic E-state index is -0.408. The fourth-order valence-corrected chi connectivity index (χ4v) is 3.52. The summed E-state index contributed by atoms with van der Waals surface area (Å²) >= 11 is 0. The van der Waals surface area contributed by atoms with E-state index < -0.39 is 6.04 Å². The quantitative estimate of drug-likeness (QED) is 0.654. The Hall–Kier alpha value is -2.14. The summed E-state index contributed by atoms with van der Waals surface area (Å²) in [5.74, 6) is 0.207. The minimum absolute atomic E-state index is 0.00446. The molecule has 2 unspecified atom stereocenters. The zero-order valence-corrected chi connectivity index (χ0v) is 18.3. The maximum absolute atomic E-state index is 13.1. The van der Waals surface area contributed by atoms with Crippen molar-refractivity contribution in [2.45, 2.75) is 52.5 Å². The Labute approximate surface area is 176 Å². The molecule has 1 aromatic rings. The second-order valence-corrected chi connectivity index (χ2v) is 7.97. The van der Waals surface area contributed by atoms with Crippen molar-refractivity contribution in [3.05, 3.63) is 42.0 Å². The first-order valence-electron chi connectivity index (χ1n) is 11.1. The maximum Gasteiger partial charge on any atom is 0.245 e. The summed E-state index contributed by atoms with van der Waals surface area (Å²) in [7, 11) is 0. The molecule has 1 saturated heterocycles. The summed E-state index contributed by atoms with van der Waals surface area (Å²) in [6.45, 7) is 10.2. The summed E-state index contributed by atoms with van der Waals surface area (Å²) in [4.78, 5) is 29.6. The van der Waals surface area contributed by atoms with Crippen molar-refractivity contribution < 1.29 is 9.59 Å². The van der Waals surface area contributed by atoms with Gasteiger partial charge in [0.2, 0.25) is 11.8 Å².